The van der Waals surface area contributed by atoms with E-state index < -0.39 is 34.7 Å². The first kappa shape index (κ1) is 23.9. The number of aromatic hydroxyl groups is 1. The normalized spacial score (nSPS) is 27.3. The number of phenolic OH excluding ortho intramolecular Hbond substituents is 1. The van der Waals surface area contributed by atoms with Crippen LogP contribution in [0.15, 0.2) is 44.5 Å². The van der Waals surface area contributed by atoms with Gasteiger partial charge in [-0.25, -0.2) is 23.5 Å². The quantitative estimate of drug-likeness (QED) is 0.645. The van der Waals surface area contributed by atoms with Crippen LogP contribution in [-0.2, 0) is 23.2 Å². The fourth-order valence-corrected chi connectivity index (χ4v) is 6.41. The van der Waals surface area contributed by atoms with Gasteiger partial charge in [0.1, 0.15) is 0 Å². The summed E-state index contributed by atoms with van der Waals surface area (Å²) < 4.78 is 14.6. The van der Waals surface area contributed by atoms with Gasteiger partial charge in [0.25, 0.3) is 0 Å². The molecule has 2 aromatic rings. The lowest BCUT2D eigenvalue weighted by Crippen LogP contribution is -2.55. The van der Waals surface area contributed by atoms with E-state index in [1.54, 1.807) is 32.9 Å². The van der Waals surface area contributed by atoms with Crippen molar-refractivity contribution in [1.29, 1.82) is 0 Å². The Bertz CT molecular complexity index is 1490. The van der Waals surface area contributed by atoms with Crippen molar-refractivity contribution >= 4 is 11.6 Å². The smallest absolute Gasteiger partial charge is 0.347 e. The van der Waals surface area contributed by atoms with Gasteiger partial charge in [-0.3, -0.25) is 9.59 Å². The lowest BCUT2D eigenvalue weighted by Gasteiger charge is -2.53. The van der Waals surface area contributed by atoms with Crippen LogP contribution in [0.25, 0.3) is 0 Å². The number of hydrogen-bond acceptors (Lipinski definition) is 7. The highest BCUT2D eigenvalue weighted by Gasteiger charge is 2.60. The number of hydrogen-bond donors (Lipinski definition) is 1. The number of ether oxygens (including phenoxy) is 2. The van der Waals surface area contributed by atoms with Crippen LogP contribution in [0.2, 0.25) is 0 Å². The van der Waals surface area contributed by atoms with E-state index in [9.17, 15) is 24.3 Å². The summed E-state index contributed by atoms with van der Waals surface area (Å²) in [5.41, 5.74) is 0.149. The Morgan fingerprint density at radius 1 is 1.00 bits per heavy atom. The standard InChI is InChI=1S/C26H29N3O7/c1-12-13(2)23(32)26(3)16(21(12)30)11-17-15(7-8-28-24(33)27(4)25(34)29(17)28)20(26)14-9-18(35-5)22(31)19(10-14)36-6/h7,9-10,16-17,20,31H,8,11H2,1-6H3/t16-,17+,20-,26+/m0/s1. The maximum absolute atomic E-state index is 14.0. The number of methoxy groups -OCH3 is 2. The van der Waals surface area contributed by atoms with Crippen molar-refractivity contribution in [3.8, 4) is 17.2 Å². The Balaban J connectivity index is 1.83. The van der Waals surface area contributed by atoms with E-state index >= 15 is 0 Å². The molecule has 10 heteroatoms. The van der Waals surface area contributed by atoms with Gasteiger partial charge in [-0.15, -0.1) is 0 Å². The van der Waals surface area contributed by atoms with Gasteiger partial charge in [0, 0.05) is 18.9 Å². The number of phenols is 1. The van der Waals surface area contributed by atoms with E-state index in [4.69, 9.17) is 9.47 Å². The van der Waals surface area contributed by atoms with Crippen LogP contribution in [0.5, 0.6) is 17.2 Å². The molecule has 0 saturated heterocycles. The molecule has 10 nitrogen and oxygen atoms in total. The summed E-state index contributed by atoms with van der Waals surface area (Å²) in [5, 5.41) is 10.5. The first-order chi connectivity index (χ1) is 17.0. The predicted molar refractivity (Wildman–Crippen MR) is 130 cm³/mol. The molecule has 0 bridgehead atoms. The monoisotopic (exact) mass is 495 g/mol. The lowest BCUT2D eigenvalue weighted by atomic mass is 9.50. The fraction of sp³-hybridized carbons (Fsp3) is 0.462. The molecular weight excluding hydrogens is 466 g/mol. The second-order valence-corrected chi connectivity index (χ2v) is 9.99. The summed E-state index contributed by atoms with van der Waals surface area (Å²) in [4.78, 5) is 53.5. The minimum atomic E-state index is -1.16. The number of carbonyl (C=O) groups excluding carboxylic acids is 2. The maximum atomic E-state index is 14.0. The molecule has 0 spiro atoms. The van der Waals surface area contributed by atoms with Crippen LogP contribution in [0.3, 0.4) is 0 Å². The maximum Gasteiger partial charge on any atom is 0.347 e. The van der Waals surface area contributed by atoms with Crippen molar-refractivity contribution in [1.82, 2.24) is 13.9 Å². The molecule has 5 rings (SSSR count). The summed E-state index contributed by atoms with van der Waals surface area (Å²) in [6, 6.07) is 2.68. The number of Topliss-reactive ketones (excluding diaryl/α,β-unsaturated/α-hetero) is 2. The van der Waals surface area contributed by atoms with E-state index in [2.05, 4.69) is 0 Å². The summed E-state index contributed by atoms with van der Waals surface area (Å²) in [6.45, 7) is 5.29. The van der Waals surface area contributed by atoms with Gasteiger partial charge in [0.2, 0.25) is 5.75 Å². The van der Waals surface area contributed by atoms with E-state index in [-0.39, 0.29) is 41.8 Å². The van der Waals surface area contributed by atoms with Crippen molar-refractivity contribution in [2.24, 2.45) is 18.4 Å². The number of allylic oxidation sites excluding steroid dienone is 4. The van der Waals surface area contributed by atoms with Crippen LogP contribution in [0.4, 0.5) is 0 Å². The zero-order valence-electron chi connectivity index (χ0n) is 21.1. The molecule has 3 aliphatic rings. The highest BCUT2D eigenvalue weighted by molar-refractivity contribution is 6.15. The summed E-state index contributed by atoms with van der Waals surface area (Å²) in [6.07, 6.45) is 2.09. The third-order valence-electron chi connectivity index (χ3n) is 8.46. The molecule has 1 aromatic carbocycles. The Morgan fingerprint density at radius 3 is 2.19 bits per heavy atom. The van der Waals surface area contributed by atoms with Gasteiger partial charge in [-0.2, -0.15) is 0 Å². The number of nitrogens with zero attached hydrogens (tertiary/aromatic N) is 3. The summed E-state index contributed by atoms with van der Waals surface area (Å²) in [5.74, 6) is -1.49. The van der Waals surface area contributed by atoms with Gasteiger partial charge in [-0.1, -0.05) is 13.0 Å². The average Bonchev–Trinajstić information content (AvgIpc) is 3.09. The number of benzene rings is 1. The molecule has 190 valence electrons. The van der Waals surface area contributed by atoms with E-state index in [1.165, 1.54) is 30.6 Å². The largest absolute Gasteiger partial charge is 0.502 e. The second kappa shape index (κ2) is 7.84. The van der Waals surface area contributed by atoms with Crippen LogP contribution < -0.4 is 20.9 Å². The van der Waals surface area contributed by atoms with Crippen molar-refractivity contribution in [3.05, 3.63) is 61.5 Å². The molecule has 2 heterocycles. The third-order valence-corrected chi connectivity index (χ3v) is 8.46. The van der Waals surface area contributed by atoms with Crippen LogP contribution in [0.1, 0.15) is 44.7 Å². The first-order valence-corrected chi connectivity index (χ1v) is 11.8. The second-order valence-electron chi connectivity index (χ2n) is 9.99. The Kier molecular flexibility index (Phi) is 5.21. The number of ketones is 2. The molecule has 1 aromatic heterocycles. The molecule has 2 aliphatic carbocycles. The Hall–Kier alpha value is -3.82. The summed E-state index contributed by atoms with van der Waals surface area (Å²) >= 11 is 0. The Labute approximate surface area is 207 Å². The fourth-order valence-electron chi connectivity index (χ4n) is 6.41. The van der Waals surface area contributed by atoms with Crippen LogP contribution >= 0.6 is 0 Å². The first-order valence-electron chi connectivity index (χ1n) is 11.8. The van der Waals surface area contributed by atoms with Crippen molar-refractivity contribution in [3.63, 3.8) is 0 Å². The summed E-state index contributed by atoms with van der Waals surface area (Å²) in [7, 11) is 4.26. The van der Waals surface area contributed by atoms with E-state index in [0.29, 0.717) is 16.7 Å². The molecule has 0 amide bonds. The Morgan fingerprint density at radius 2 is 1.61 bits per heavy atom. The molecule has 36 heavy (non-hydrogen) atoms. The molecule has 1 saturated carbocycles. The molecular formula is C26H29N3O7. The van der Waals surface area contributed by atoms with Crippen molar-refractivity contribution in [2.45, 2.75) is 45.7 Å². The van der Waals surface area contributed by atoms with Gasteiger partial charge in [0.05, 0.1) is 32.2 Å². The van der Waals surface area contributed by atoms with Crippen molar-refractivity contribution in [2.75, 3.05) is 14.2 Å². The third kappa shape index (κ3) is 2.84. The SMILES string of the molecule is COc1cc([C@H]2C3=CCn4c(=O)n(C)c(=O)n4[C@@H]3C[C@H]3C(=O)C(C)=C(C)C(=O)[C@@]23C)cc(OC)c1O. The van der Waals surface area contributed by atoms with Crippen LogP contribution in [0, 0.1) is 11.3 Å². The molecule has 1 N–H and O–H groups in total. The highest BCUT2D eigenvalue weighted by atomic mass is 16.5. The van der Waals surface area contributed by atoms with Gasteiger partial charge in [-0.05, 0) is 54.7 Å². The number of aromatic nitrogens is 3. The molecule has 4 atom stereocenters. The predicted octanol–water partition coefficient (Wildman–Crippen LogP) is 1.85. The minimum Gasteiger partial charge on any atom is -0.502 e. The topological polar surface area (TPSA) is 122 Å². The highest BCUT2D eigenvalue weighted by Crippen LogP contribution is 2.61. The number of fused-ring (bicyclic) bond motifs is 4. The number of carbonyl (C=O) groups is 2. The molecule has 1 fully saturated rings. The zero-order valence-corrected chi connectivity index (χ0v) is 21.1. The van der Waals surface area contributed by atoms with Gasteiger partial charge in [0.15, 0.2) is 23.1 Å². The molecule has 0 radical (unpaired) electrons. The lowest BCUT2D eigenvalue weighted by molar-refractivity contribution is -0.140. The van der Waals surface area contributed by atoms with E-state index in [0.717, 1.165) is 10.1 Å². The zero-order chi connectivity index (χ0) is 26.3. The van der Waals surface area contributed by atoms with E-state index in [1.807, 2.05) is 6.08 Å². The molecule has 0 unspecified atom stereocenters. The van der Waals surface area contributed by atoms with Crippen LogP contribution in [-0.4, -0.2) is 44.8 Å². The minimum absolute atomic E-state index is 0.136. The van der Waals surface area contributed by atoms with Crippen molar-refractivity contribution < 1.29 is 24.2 Å². The average molecular weight is 496 g/mol. The van der Waals surface area contributed by atoms with Gasteiger partial charge < -0.3 is 14.6 Å². The number of rotatable bonds is 3. The molecule has 1 aliphatic heterocycles. The van der Waals surface area contributed by atoms with Gasteiger partial charge >= 0.3 is 11.4 Å².